The van der Waals surface area contributed by atoms with Crippen LogP contribution in [0.15, 0.2) is 35.4 Å². The zero-order chi connectivity index (χ0) is 14.8. The standard InChI is InChI=1S/C17H21N3O/c1-3-5-11-20-14-9-7-6-8-13(14)15-16(17(20)21)19(10-4-2)12-18-15/h6-9,12H,3-5,10-11H2,1-2H3. The van der Waals surface area contributed by atoms with Crippen LogP contribution in [-0.2, 0) is 13.1 Å². The van der Waals surface area contributed by atoms with Gasteiger partial charge in [-0.3, -0.25) is 4.79 Å². The first-order valence-electron chi connectivity index (χ1n) is 7.74. The van der Waals surface area contributed by atoms with Crippen LogP contribution in [0.2, 0.25) is 0 Å². The first-order valence-corrected chi connectivity index (χ1v) is 7.74. The number of rotatable bonds is 5. The van der Waals surface area contributed by atoms with Gasteiger partial charge in [0.25, 0.3) is 5.56 Å². The molecule has 0 saturated carbocycles. The van der Waals surface area contributed by atoms with Gasteiger partial charge in [-0.1, -0.05) is 38.5 Å². The predicted molar refractivity (Wildman–Crippen MR) is 86.7 cm³/mol. The van der Waals surface area contributed by atoms with Crippen LogP contribution in [0.5, 0.6) is 0 Å². The molecule has 0 amide bonds. The number of pyridine rings is 1. The molecule has 110 valence electrons. The van der Waals surface area contributed by atoms with E-state index in [1.165, 1.54) is 0 Å². The molecule has 0 bridgehead atoms. The van der Waals surface area contributed by atoms with Gasteiger partial charge in [-0.25, -0.2) is 4.98 Å². The lowest BCUT2D eigenvalue weighted by molar-refractivity contribution is 0.629. The van der Waals surface area contributed by atoms with Crippen LogP contribution in [0, 0.1) is 0 Å². The molecular formula is C17H21N3O. The summed E-state index contributed by atoms with van der Waals surface area (Å²) in [7, 11) is 0. The number of hydrogen-bond donors (Lipinski definition) is 0. The maximum atomic E-state index is 12.9. The Balaban J connectivity index is 2.37. The smallest absolute Gasteiger partial charge is 0.277 e. The summed E-state index contributed by atoms with van der Waals surface area (Å²) in [4.78, 5) is 17.4. The van der Waals surface area contributed by atoms with E-state index in [1.807, 2.05) is 27.3 Å². The molecule has 0 aliphatic heterocycles. The normalized spacial score (nSPS) is 11.5. The van der Waals surface area contributed by atoms with Gasteiger partial charge in [0.05, 0.1) is 11.8 Å². The van der Waals surface area contributed by atoms with Crippen molar-refractivity contribution in [3.8, 4) is 0 Å². The summed E-state index contributed by atoms with van der Waals surface area (Å²) in [5.74, 6) is 0. The maximum absolute atomic E-state index is 12.9. The van der Waals surface area contributed by atoms with Crippen molar-refractivity contribution in [2.24, 2.45) is 0 Å². The van der Waals surface area contributed by atoms with Crippen molar-refractivity contribution in [2.45, 2.75) is 46.2 Å². The topological polar surface area (TPSA) is 39.8 Å². The first kappa shape index (κ1) is 13.9. The molecule has 2 aromatic heterocycles. The predicted octanol–water partition coefficient (Wildman–Crippen LogP) is 3.56. The van der Waals surface area contributed by atoms with Gasteiger partial charge in [0.2, 0.25) is 0 Å². The minimum absolute atomic E-state index is 0.0862. The lowest BCUT2D eigenvalue weighted by atomic mass is 10.1. The van der Waals surface area contributed by atoms with Crippen LogP contribution in [0.3, 0.4) is 0 Å². The summed E-state index contributed by atoms with van der Waals surface area (Å²) in [6, 6.07) is 8.07. The van der Waals surface area contributed by atoms with Gasteiger partial charge in [0.1, 0.15) is 11.0 Å². The van der Waals surface area contributed by atoms with Crippen LogP contribution in [0.4, 0.5) is 0 Å². The van der Waals surface area contributed by atoms with E-state index < -0.39 is 0 Å². The minimum Gasteiger partial charge on any atom is -0.326 e. The van der Waals surface area contributed by atoms with Crippen molar-refractivity contribution in [2.75, 3.05) is 0 Å². The van der Waals surface area contributed by atoms with Gasteiger partial charge in [-0.05, 0) is 18.9 Å². The Morgan fingerprint density at radius 3 is 2.67 bits per heavy atom. The van der Waals surface area contributed by atoms with Crippen LogP contribution >= 0.6 is 0 Å². The molecule has 0 aliphatic carbocycles. The van der Waals surface area contributed by atoms with Gasteiger partial charge in [0, 0.05) is 18.5 Å². The van der Waals surface area contributed by atoms with Crippen LogP contribution < -0.4 is 5.56 Å². The first-order chi connectivity index (χ1) is 10.3. The van der Waals surface area contributed by atoms with Crippen molar-refractivity contribution in [1.82, 2.24) is 14.1 Å². The molecule has 0 saturated heterocycles. The summed E-state index contributed by atoms with van der Waals surface area (Å²) in [6.07, 6.45) is 4.88. The van der Waals surface area contributed by atoms with Gasteiger partial charge in [-0.15, -0.1) is 0 Å². The van der Waals surface area contributed by atoms with E-state index in [-0.39, 0.29) is 5.56 Å². The number of para-hydroxylation sites is 1. The molecule has 0 aliphatic rings. The van der Waals surface area contributed by atoms with E-state index in [2.05, 4.69) is 24.9 Å². The number of fused-ring (bicyclic) bond motifs is 3. The third-order valence-corrected chi connectivity index (χ3v) is 3.94. The van der Waals surface area contributed by atoms with Crippen molar-refractivity contribution in [1.29, 1.82) is 0 Å². The fourth-order valence-corrected chi connectivity index (χ4v) is 2.90. The van der Waals surface area contributed by atoms with Crippen molar-refractivity contribution >= 4 is 21.9 Å². The second-order valence-corrected chi connectivity index (χ2v) is 5.46. The molecule has 0 N–H and O–H groups in total. The number of hydrogen-bond acceptors (Lipinski definition) is 2. The fraction of sp³-hybridized carbons (Fsp3) is 0.412. The van der Waals surface area contributed by atoms with Crippen LogP contribution in [-0.4, -0.2) is 14.1 Å². The average molecular weight is 283 g/mol. The molecular weight excluding hydrogens is 262 g/mol. The highest BCUT2D eigenvalue weighted by Gasteiger charge is 2.14. The van der Waals surface area contributed by atoms with Crippen LogP contribution in [0.25, 0.3) is 21.9 Å². The van der Waals surface area contributed by atoms with E-state index >= 15 is 0 Å². The van der Waals surface area contributed by atoms with Gasteiger partial charge < -0.3 is 9.13 Å². The van der Waals surface area contributed by atoms with E-state index in [9.17, 15) is 4.79 Å². The number of nitrogens with zero attached hydrogens (tertiary/aromatic N) is 3. The van der Waals surface area contributed by atoms with Crippen LogP contribution in [0.1, 0.15) is 33.1 Å². The third-order valence-electron chi connectivity index (χ3n) is 3.94. The fourth-order valence-electron chi connectivity index (χ4n) is 2.90. The molecule has 1 aromatic carbocycles. The monoisotopic (exact) mass is 283 g/mol. The van der Waals surface area contributed by atoms with Gasteiger partial charge in [-0.2, -0.15) is 0 Å². The highest BCUT2D eigenvalue weighted by Crippen LogP contribution is 2.22. The molecule has 2 heterocycles. The van der Waals surface area contributed by atoms with E-state index in [4.69, 9.17) is 0 Å². The van der Waals surface area contributed by atoms with Crippen molar-refractivity contribution < 1.29 is 0 Å². The summed E-state index contributed by atoms with van der Waals surface area (Å²) >= 11 is 0. The Labute approximate surface area is 124 Å². The zero-order valence-electron chi connectivity index (χ0n) is 12.7. The molecule has 0 unspecified atom stereocenters. The zero-order valence-corrected chi connectivity index (χ0v) is 12.7. The number of aryl methyl sites for hydroxylation is 2. The second kappa shape index (κ2) is 5.72. The summed E-state index contributed by atoms with van der Waals surface area (Å²) in [5.41, 5.74) is 2.65. The Hall–Kier alpha value is -2.10. The number of unbranched alkanes of at least 4 members (excludes halogenated alkanes) is 1. The molecule has 4 nitrogen and oxygen atoms in total. The largest absolute Gasteiger partial charge is 0.326 e. The van der Waals surface area contributed by atoms with E-state index in [0.29, 0.717) is 0 Å². The molecule has 4 heteroatoms. The highest BCUT2D eigenvalue weighted by atomic mass is 16.1. The molecule has 0 spiro atoms. The molecule has 0 radical (unpaired) electrons. The molecule has 21 heavy (non-hydrogen) atoms. The molecule has 3 aromatic rings. The quantitative estimate of drug-likeness (QED) is 0.718. The molecule has 0 fully saturated rings. The lowest BCUT2D eigenvalue weighted by Gasteiger charge is -2.11. The van der Waals surface area contributed by atoms with E-state index in [0.717, 1.165) is 54.3 Å². The molecule has 0 atom stereocenters. The summed E-state index contributed by atoms with van der Waals surface area (Å²) in [6.45, 7) is 5.86. The van der Waals surface area contributed by atoms with E-state index in [1.54, 1.807) is 6.33 Å². The number of benzene rings is 1. The Bertz CT molecular complexity index is 829. The second-order valence-electron chi connectivity index (χ2n) is 5.46. The third kappa shape index (κ3) is 2.24. The van der Waals surface area contributed by atoms with Crippen molar-refractivity contribution in [3.05, 3.63) is 40.9 Å². The van der Waals surface area contributed by atoms with Gasteiger partial charge >= 0.3 is 0 Å². The summed E-state index contributed by atoms with van der Waals surface area (Å²) in [5, 5.41) is 1.07. The molecule has 3 rings (SSSR count). The number of imidazole rings is 1. The minimum atomic E-state index is 0.0862. The Morgan fingerprint density at radius 1 is 1.10 bits per heavy atom. The maximum Gasteiger partial charge on any atom is 0.277 e. The average Bonchev–Trinajstić information content (AvgIpc) is 2.92. The Kier molecular flexibility index (Phi) is 3.78. The summed E-state index contributed by atoms with van der Waals surface area (Å²) < 4.78 is 3.90. The van der Waals surface area contributed by atoms with Crippen molar-refractivity contribution in [3.63, 3.8) is 0 Å². The lowest BCUT2D eigenvalue weighted by Crippen LogP contribution is -2.23. The highest BCUT2D eigenvalue weighted by molar-refractivity contribution is 6.02. The SMILES string of the molecule is CCCCn1c(=O)c2c(ncn2CCC)c2ccccc21. The number of aromatic nitrogens is 3. The Morgan fingerprint density at radius 2 is 1.90 bits per heavy atom. The van der Waals surface area contributed by atoms with Gasteiger partial charge in [0.15, 0.2) is 0 Å².